The van der Waals surface area contributed by atoms with Gasteiger partial charge in [-0.3, -0.25) is 15.2 Å². The molecular weight excluding hydrogens is 326 g/mol. The van der Waals surface area contributed by atoms with Gasteiger partial charge < -0.3 is 10.1 Å². The van der Waals surface area contributed by atoms with Gasteiger partial charge in [-0.05, 0) is 36.4 Å². The molecule has 0 unspecified atom stereocenters. The number of amides is 1. The molecule has 3 aromatic rings. The van der Waals surface area contributed by atoms with Crippen LogP contribution in [0.5, 0.6) is 11.5 Å². The van der Waals surface area contributed by atoms with Crippen molar-refractivity contribution >= 4 is 17.5 Å². The molecule has 0 radical (unpaired) electrons. The molecule has 1 amide bonds. The predicted octanol–water partition coefficient (Wildman–Crippen LogP) is 2.29. The number of benzene rings is 2. The van der Waals surface area contributed by atoms with Crippen LogP contribution >= 0.6 is 0 Å². The minimum absolute atomic E-state index is 0.122. The van der Waals surface area contributed by atoms with Gasteiger partial charge in [-0.15, -0.1) is 5.10 Å². The van der Waals surface area contributed by atoms with E-state index in [1.165, 1.54) is 11.0 Å². The number of anilines is 2. The van der Waals surface area contributed by atoms with Crippen molar-refractivity contribution < 1.29 is 19.9 Å². The molecule has 0 saturated heterocycles. The molecule has 0 spiro atoms. The molecular formula is C16H15N5O4. The quantitative estimate of drug-likeness (QED) is 0.590. The molecule has 3 N–H and O–H groups in total. The van der Waals surface area contributed by atoms with E-state index in [1.807, 2.05) is 30.3 Å². The van der Waals surface area contributed by atoms with Crippen LogP contribution in [0.3, 0.4) is 0 Å². The largest absolute Gasteiger partial charge is 0.457 e. The van der Waals surface area contributed by atoms with Crippen molar-refractivity contribution in [1.82, 2.24) is 14.8 Å². The van der Waals surface area contributed by atoms with Crippen LogP contribution in [0.2, 0.25) is 0 Å². The SMILES string of the molecule is O=C(Cn1cnc(N(O)O)n1)Nc1ccc(Oc2ccccc2)cc1. The van der Waals surface area contributed by atoms with Crippen molar-refractivity contribution in [2.24, 2.45) is 0 Å². The van der Waals surface area contributed by atoms with Crippen molar-refractivity contribution in [3.8, 4) is 11.5 Å². The number of para-hydroxylation sites is 1. The van der Waals surface area contributed by atoms with Gasteiger partial charge in [-0.1, -0.05) is 23.4 Å². The fraction of sp³-hybridized carbons (Fsp3) is 0.0625. The van der Waals surface area contributed by atoms with E-state index >= 15 is 0 Å². The Morgan fingerprint density at radius 2 is 1.76 bits per heavy atom. The van der Waals surface area contributed by atoms with E-state index in [4.69, 9.17) is 15.2 Å². The van der Waals surface area contributed by atoms with Gasteiger partial charge in [0, 0.05) is 5.69 Å². The summed E-state index contributed by atoms with van der Waals surface area (Å²) in [6, 6.07) is 16.3. The van der Waals surface area contributed by atoms with Crippen LogP contribution in [0.15, 0.2) is 60.9 Å². The first-order valence-corrected chi connectivity index (χ1v) is 7.30. The summed E-state index contributed by atoms with van der Waals surface area (Å²) in [7, 11) is 0. The number of nitrogens with one attached hydrogen (secondary N) is 1. The second kappa shape index (κ2) is 7.43. The third kappa shape index (κ3) is 4.53. The summed E-state index contributed by atoms with van der Waals surface area (Å²) in [5, 5.41) is 23.7. The van der Waals surface area contributed by atoms with E-state index in [0.717, 1.165) is 5.75 Å². The van der Waals surface area contributed by atoms with E-state index in [-0.39, 0.29) is 23.6 Å². The maximum Gasteiger partial charge on any atom is 0.295 e. The Morgan fingerprint density at radius 3 is 2.40 bits per heavy atom. The Hall–Kier alpha value is -3.43. The fourth-order valence-corrected chi connectivity index (χ4v) is 2.03. The molecule has 0 bridgehead atoms. The molecule has 0 aliphatic carbocycles. The maximum absolute atomic E-state index is 12.0. The number of aromatic nitrogens is 3. The minimum atomic E-state index is -0.337. The molecule has 25 heavy (non-hydrogen) atoms. The highest BCUT2D eigenvalue weighted by molar-refractivity contribution is 5.90. The van der Waals surface area contributed by atoms with Crippen molar-refractivity contribution in [2.45, 2.75) is 6.54 Å². The first kappa shape index (κ1) is 16.4. The molecule has 0 fully saturated rings. The first-order chi connectivity index (χ1) is 12.1. The average molecular weight is 341 g/mol. The third-order valence-electron chi connectivity index (χ3n) is 3.13. The molecule has 0 saturated carbocycles. The van der Waals surface area contributed by atoms with E-state index < -0.39 is 0 Å². The average Bonchev–Trinajstić information content (AvgIpc) is 3.06. The van der Waals surface area contributed by atoms with Crippen LogP contribution in [0.25, 0.3) is 0 Å². The van der Waals surface area contributed by atoms with Crippen LogP contribution in [-0.4, -0.2) is 31.1 Å². The molecule has 0 atom stereocenters. The van der Waals surface area contributed by atoms with Gasteiger partial charge in [0.1, 0.15) is 24.4 Å². The number of carbonyl (C=O) groups is 1. The number of hydrogen-bond acceptors (Lipinski definition) is 7. The number of rotatable bonds is 6. The second-order valence-corrected chi connectivity index (χ2v) is 5.02. The predicted molar refractivity (Wildman–Crippen MR) is 87.7 cm³/mol. The van der Waals surface area contributed by atoms with E-state index in [9.17, 15) is 4.79 Å². The molecule has 0 aliphatic heterocycles. The first-order valence-electron chi connectivity index (χ1n) is 7.30. The van der Waals surface area contributed by atoms with Crippen molar-refractivity contribution in [1.29, 1.82) is 0 Å². The van der Waals surface area contributed by atoms with Crippen molar-refractivity contribution in [2.75, 3.05) is 10.5 Å². The van der Waals surface area contributed by atoms with Gasteiger partial charge >= 0.3 is 0 Å². The summed E-state index contributed by atoms with van der Waals surface area (Å²) in [5.41, 5.74) is 0.594. The van der Waals surface area contributed by atoms with Gasteiger partial charge in [-0.2, -0.15) is 4.98 Å². The molecule has 2 aromatic carbocycles. The topological polar surface area (TPSA) is 113 Å². The number of nitrogens with zero attached hydrogens (tertiary/aromatic N) is 4. The van der Waals surface area contributed by atoms with Gasteiger partial charge in [0.25, 0.3) is 5.95 Å². The maximum atomic E-state index is 12.0. The summed E-state index contributed by atoms with van der Waals surface area (Å²) in [5.74, 6) is 0.713. The van der Waals surface area contributed by atoms with Crippen molar-refractivity contribution in [3.63, 3.8) is 0 Å². The van der Waals surface area contributed by atoms with Crippen molar-refractivity contribution in [3.05, 3.63) is 60.9 Å². The summed E-state index contributed by atoms with van der Waals surface area (Å²) in [6.07, 6.45) is 1.21. The highest BCUT2D eigenvalue weighted by atomic mass is 16.8. The molecule has 1 aromatic heterocycles. The molecule has 3 rings (SSSR count). The fourth-order valence-electron chi connectivity index (χ4n) is 2.03. The summed E-state index contributed by atoms with van der Waals surface area (Å²) in [6.45, 7) is -0.122. The Morgan fingerprint density at radius 1 is 1.08 bits per heavy atom. The standard InChI is InChI=1S/C16H15N5O4/c22-15(10-20-11-17-16(19-20)21(23)24)18-12-6-8-14(9-7-12)25-13-4-2-1-3-5-13/h1-9,11,23-24H,10H2,(H,18,22). The lowest BCUT2D eigenvalue weighted by atomic mass is 10.3. The summed E-state index contributed by atoms with van der Waals surface area (Å²) < 4.78 is 6.85. The molecule has 1 heterocycles. The van der Waals surface area contributed by atoms with Crippen LogP contribution in [0, 0.1) is 0 Å². The number of hydrogen-bond donors (Lipinski definition) is 3. The van der Waals surface area contributed by atoms with Gasteiger partial charge in [0.2, 0.25) is 5.91 Å². The van der Waals surface area contributed by atoms with E-state index in [1.54, 1.807) is 24.3 Å². The van der Waals surface area contributed by atoms with Gasteiger partial charge in [0.05, 0.1) is 0 Å². The van der Waals surface area contributed by atoms with Gasteiger partial charge in [0.15, 0.2) is 0 Å². The number of ether oxygens (including phenoxy) is 1. The van der Waals surface area contributed by atoms with E-state index in [0.29, 0.717) is 11.4 Å². The molecule has 128 valence electrons. The lowest BCUT2D eigenvalue weighted by molar-refractivity contribution is -0.116. The molecule has 9 heteroatoms. The Balaban J connectivity index is 1.56. The lowest BCUT2D eigenvalue weighted by Gasteiger charge is -2.08. The van der Waals surface area contributed by atoms with E-state index in [2.05, 4.69) is 15.4 Å². The summed E-state index contributed by atoms with van der Waals surface area (Å²) >= 11 is 0. The Labute approximate surface area is 142 Å². The molecule has 0 aliphatic rings. The lowest BCUT2D eigenvalue weighted by Crippen LogP contribution is -2.19. The van der Waals surface area contributed by atoms with Crippen LogP contribution in [0.4, 0.5) is 11.6 Å². The zero-order valence-electron chi connectivity index (χ0n) is 13.0. The van der Waals surface area contributed by atoms with Crippen LogP contribution < -0.4 is 15.3 Å². The van der Waals surface area contributed by atoms with Crippen LogP contribution in [-0.2, 0) is 11.3 Å². The third-order valence-corrected chi connectivity index (χ3v) is 3.13. The Kier molecular flexibility index (Phi) is 4.88. The van der Waals surface area contributed by atoms with Crippen LogP contribution in [0.1, 0.15) is 0 Å². The Bertz CT molecular complexity index is 833. The zero-order valence-corrected chi connectivity index (χ0v) is 13.0. The summed E-state index contributed by atoms with van der Waals surface area (Å²) in [4.78, 5) is 15.6. The zero-order chi connectivity index (χ0) is 17.6. The molecule has 9 nitrogen and oxygen atoms in total. The highest BCUT2D eigenvalue weighted by Gasteiger charge is 2.09. The second-order valence-electron chi connectivity index (χ2n) is 5.02. The minimum Gasteiger partial charge on any atom is -0.457 e. The normalized spacial score (nSPS) is 10.3. The number of carbonyl (C=O) groups excluding carboxylic acids is 1. The van der Waals surface area contributed by atoms with Gasteiger partial charge in [-0.25, -0.2) is 4.68 Å². The smallest absolute Gasteiger partial charge is 0.295 e. The monoisotopic (exact) mass is 341 g/mol. The highest BCUT2D eigenvalue weighted by Crippen LogP contribution is 2.22.